The smallest absolute Gasteiger partial charge is 0.118 e. The first-order valence-corrected chi connectivity index (χ1v) is 8.73. The van der Waals surface area contributed by atoms with E-state index in [-0.39, 0.29) is 0 Å². The number of hydrogen-bond donors (Lipinski definition) is 0. The van der Waals surface area contributed by atoms with Crippen molar-refractivity contribution in [3.8, 4) is 5.75 Å². The molecule has 0 aliphatic rings. The standard InChI is InChI=1S/C17H28OS/c1-3-4-5-6-7-8-9-14-19-15-16-10-12-17(18-2)13-11-16/h10-13H,3-9,14-15H2,1-2H3. The van der Waals surface area contributed by atoms with Gasteiger partial charge in [0.05, 0.1) is 7.11 Å². The van der Waals surface area contributed by atoms with Gasteiger partial charge in [-0.1, -0.05) is 57.6 Å². The van der Waals surface area contributed by atoms with Crippen molar-refractivity contribution in [3.63, 3.8) is 0 Å². The lowest BCUT2D eigenvalue weighted by atomic mass is 10.1. The van der Waals surface area contributed by atoms with Gasteiger partial charge in [0.2, 0.25) is 0 Å². The highest BCUT2D eigenvalue weighted by atomic mass is 32.2. The first kappa shape index (κ1) is 16.4. The second-order valence-corrected chi connectivity index (χ2v) is 6.13. The van der Waals surface area contributed by atoms with E-state index in [4.69, 9.17) is 4.74 Å². The number of ether oxygens (including phenoxy) is 1. The van der Waals surface area contributed by atoms with Gasteiger partial charge in [-0.15, -0.1) is 0 Å². The predicted octanol–water partition coefficient (Wildman–Crippen LogP) is 5.68. The Bertz CT molecular complexity index is 308. The molecule has 0 atom stereocenters. The zero-order chi connectivity index (χ0) is 13.8. The molecule has 1 aromatic rings. The minimum atomic E-state index is 0.945. The summed E-state index contributed by atoms with van der Waals surface area (Å²) >= 11 is 2.05. The highest BCUT2D eigenvalue weighted by molar-refractivity contribution is 7.98. The number of methoxy groups -OCH3 is 1. The van der Waals surface area contributed by atoms with Crippen LogP contribution >= 0.6 is 11.8 Å². The molecule has 0 aromatic heterocycles. The normalized spacial score (nSPS) is 10.6. The first-order chi connectivity index (χ1) is 9.36. The lowest BCUT2D eigenvalue weighted by molar-refractivity contribution is 0.414. The molecule has 0 fully saturated rings. The van der Waals surface area contributed by atoms with Gasteiger partial charge in [0, 0.05) is 5.75 Å². The van der Waals surface area contributed by atoms with Gasteiger partial charge in [-0.05, 0) is 29.9 Å². The molecule has 0 aliphatic carbocycles. The molecular formula is C17H28OS. The molecule has 108 valence electrons. The Kier molecular flexibility index (Phi) is 9.70. The molecule has 0 aliphatic heterocycles. The van der Waals surface area contributed by atoms with Crippen LogP contribution in [0.1, 0.15) is 57.4 Å². The Balaban J connectivity index is 1.95. The molecule has 1 rings (SSSR count). The average Bonchev–Trinajstić information content (AvgIpc) is 2.46. The summed E-state index contributed by atoms with van der Waals surface area (Å²) in [6.45, 7) is 2.27. The molecule has 0 spiro atoms. The van der Waals surface area contributed by atoms with Crippen LogP contribution in [0.15, 0.2) is 24.3 Å². The van der Waals surface area contributed by atoms with Gasteiger partial charge in [-0.2, -0.15) is 11.8 Å². The van der Waals surface area contributed by atoms with Gasteiger partial charge in [-0.3, -0.25) is 0 Å². The van der Waals surface area contributed by atoms with Crippen LogP contribution in [0.4, 0.5) is 0 Å². The third-order valence-corrected chi connectivity index (χ3v) is 4.43. The van der Waals surface area contributed by atoms with Crippen LogP contribution in [0.3, 0.4) is 0 Å². The van der Waals surface area contributed by atoms with Crippen molar-refractivity contribution in [2.75, 3.05) is 12.9 Å². The van der Waals surface area contributed by atoms with Crippen molar-refractivity contribution in [3.05, 3.63) is 29.8 Å². The maximum Gasteiger partial charge on any atom is 0.118 e. The highest BCUT2D eigenvalue weighted by Gasteiger charge is 1.96. The summed E-state index contributed by atoms with van der Waals surface area (Å²) in [7, 11) is 1.71. The van der Waals surface area contributed by atoms with Crippen molar-refractivity contribution >= 4 is 11.8 Å². The van der Waals surface area contributed by atoms with E-state index in [1.165, 1.54) is 56.3 Å². The average molecular weight is 280 g/mol. The van der Waals surface area contributed by atoms with Crippen molar-refractivity contribution in [1.82, 2.24) is 0 Å². The minimum absolute atomic E-state index is 0.945. The lowest BCUT2D eigenvalue weighted by Gasteiger charge is -2.04. The van der Waals surface area contributed by atoms with Gasteiger partial charge < -0.3 is 4.74 Å². The SMILES string of the molecule is CCCCCCCCCSCc1ccc(OC)cc1. The van der Waals surface area contributed by atoms with E-state index in [0.29, 0.717) is 0 Å². The van der Waals surface area contributed by atoms with Gasteiger partial charge in [0.15, 0.2) is 0 Å². The molecule has 1 aromatic carbocycles. The van der Waals surface area contributed by atoms with Crippen molar-refractivity contribution in [2.24, 2.45) is 0 Å². The van der Waals surface area contributed by atoms with Crippen LogP contribution < -0.4 is 4.74 Å². The maximum absolute atomic E-state index is 5.16. The number of benzene rings is 1. The van der Waals surface area contributed by atoms with Crippen LogP contribution in [-0.4, -0.2) is 12.9 Å². The van der Waals surface area contributed by atoms with Crippen LogP contribution in [0.2, 0.25) is 0 Å². The third-order valence-electron chi connectivity index (χ3n) is 3.32. The van der Waals surface area contributed by atoms with Crippen molar-refractivity contribution in [2.45, 2.75) is 57.6 Å². The molecule has 19 heavy (non-hydrogen) atoms. The fraction of sp³-hybridized carbons (Fsp3) is 0.647. The topological polar surface area (TPSA) is 9.23 Å². The molecule has 0 heterocycles. The summed E-state index contributed by atoms with van der Waals surface area (Å²) in [6, 6.07) is 8.42. The summed E-state index contributed by atoms with van der Waals surface area (Å²) in [4.78, 5) is 0. The Morgan fingerprint density at radius 3 is 2.16 bits per heavy atom. The van der Waals surface area contributed by atoms with E-state index in [1.54, 1.807) is 7.11 Å². The Morgan fingerprint density at radius 2 is 1.53 bits per heavy atom. The number of thioether (sulfide) groups is 1. The zero-order valence-corrected chi connectivity index (χ0v) is 13.3. The Labute approximate surface area is 123 Å². The molecule has 0 unspecified atom stereocenters. The van der Waals surface area contributed by atoms with E-state index >= 15 is 0 Å². The zero-order valence-electron chi connectivity index (χ0n) is 12.5. The molecule has 0 radical (unpaired) electrons. The van der Waals surface area contributed by atoms with E-state index in [0.717, 1.165) is 11.5 Å². The summed E-state index contributed by atoms with van der Waals surface area (Å²) < 4.78 is 5.16. The summed E-state index contributed by atoms with van der Waals surface area (Å²) in [5.74, 6) is 3.36. The predicted molar refractivity (Wildman–Crippen MR) is 87.1 cm³/mol. The fourth-order valence-electron chi connectivity index (χ4n) is 2.07. The van der Waals surface area contributed by atoms with Gasteiger partial charge in [0.1, 0.15) is 5.75 Å². The quantitative estimate of drug-likeness (QED) is 0.482. The van der Waals surface area contributed by atoms with E-state index in [9.17, 15) is 0 Å². The number of hydrogen-bond acceptors (Lipinski definition) is 2. The molecule has 0 bridgehead atoms. The number of unbranched alkanes of at least 4 members (excludes halogenated alkanes) is 6. The fourth-order valence-corrected chi connectivity index (χ4v) is 3.05. The maximum atomic E-state index is 5.16. The molecule has 0 amide bonds. The Morgan fingerprint density at radius 1 is 0.895 bits per heavy atom. The second kappa shape index (κ2) is 11.2. The molecular weight excluding hydrogens is 252 g/mol. The van der Waals surface area contributed by atoms with E-state index < -0.39 is 0 Å². The van der Waals surface area contributed by atoms with Crippen LogP contribution in [0.5, 0.6) is 5.75 Å². The highest BCUT2D eigenvalue weighted by Crippen LogP contribution is 2.18. The van der Waals surface area contributed by atoms with E-state index in [1.807, 2.05) is 23.9 Å². The van der Waals surface area contributed by atoms with Gasteiger partial charge >= 0.3 is 0 Å². The van der Waals surface area contributed by atoms with Crippen LogP contribution in [-0.2, 0) is 5.75 Å². The Hall–Kier alpha value is -0.630. The van der Waals surface area contributed by atoms with Crippen LogP contribution in [0.25, 0.3) is 0 Å². The minimum Gasteiger partial charge on any atom is -0.497 e. The lowest BCUT2D eigenvalue weighted by Crippen LogP contribution is -1.86. The number of rotatable bonds is 11. The molecule has 2 heteroatoms. The van der Waals surface area contributed by atoms with E-state index in [2.05, 4.69) is 19.1 Å². The second-order valence-electron chi connectivity index (χ2n) is 5.02. The third kappa shape index (κ3) is 8.20. The monoisotopic (exact) mass is 280 g/mol. The van der Waals surface area contributed by atoms with Gasteiger partial charge in [0.25, 0.3) is 0 Å². The van der Waals surface area contributed by atoms with Crippen molar-refractivity contribution < 1.29 is 4.74 Å². The van der Waals surface area contributed by atoms with Crippen LogP contribution in [0, 0.1) is 0 Å². The summed E-state index contributed by atoms with van der Waals surface area (Å²) in [6.07, 6.45) is 9.80. The summed E-state index contributed by atoms with van der Waals surface area (Å²) in [5, 5.41) is 0. The molecule has 0 saturated carbocycles. The first-order valence-electron chi connectivity index (χ1n) is 7.57. The largest absolute Gasteiger partial charge is 0.497 e. The molecule has 0 saturated heterocycles. The van der Waals surface area contributed by atoms with Gasteiger partial charge in [-0.25, -0.2) is 0 Å². The molecule has 1 nitrogen and oxygen atoms in total. The molecule has 0 N–H and O–H groups in total. The van der Waals surface area contributed by atoms with Crippen molar-refractivity contribution in [1.29, 1.82) is 0 Å². The summed E-state index contributed by atoms with van der Waals surface area (Å²) in [5.41, 5.74) is 1.40.